The second kappa shape index (κ2) is 4.32. The van der Waals surface area contributed by atoms with Crippen LogP contribution < -0.4 is 0 Å². The molecule has 2 rings (SSSR count). The van der Waals surface area contributed by atoms with E-state index in [-0.39, 0.29) is 0 Å². The Morgan fingerprint density at radius 2 is 1.93 bits per heavy atom. The lowest BCUT2D eigenvalue weighted by Crippen LogP contribution is -2.08. The van der Waals surface area contributed by atoms with E-state index in [1.165, 1.54) is 38.5 Å². The highest BCUT2D eigenvalue weighted by Gasteiger charge is 2.15. The standard InChI is InChI=1S/C12H16N2/c13-10-12-8-5-9-14(12)11-6-3-1-2-4-7-11/h5,8-9,11H,1-4,6-7H2. The van der Waals surface area contributed by atoms with Crippen LogP contribution in [0.2, 0.25) is 0 Å². The molecule has 0 radical (unpaired) electrons. The van der Waals surface area contributed by atoms with Gasteiger partial charge in [0.25, 0.3) is 0 Å². The molecule has 0 amide bonds. The fourth-order valence-corrected chi connectivity index (χ4v) is 2.34. The Morgan fingerprint density at radius 3 is 2.57 bits per heavy atom. The summed E-state index contributed by atoms with van der Waals surface area (Å²) in [5, 5.41) is 8.94. The topological polar surface area (TPSA) is 28.7 Å². The maximum Gasteiger partial charge on any atom is 0.120 e. The molecule has 0 atom stereocenters. The summed E-state index contributed by atoms with van der Waals surface area (Å²) in [6.45, 7) is 0. The highest BCUT2D eigenvalue weighted by Crippen LogP contribution is 2.28. The van der Waals surface area contributed by atoms with Crippen molar-refractivity contribution in [1.29, 1.82) is 5.26 Å². The van der Waals surface area contributed by atoms with E-state index in [2.05, 4.69) is 16.8 Å². The molecule has 1 aromatic heterocycles. The van der Waals surface area contributed by atoms with Crippen LogP contribution in [0.1, 0.15) is 50.3 Å². The van der Waals surface area contributed by atoms with Crippen molar-refractivity contribution in [3.8, 4) is 6.07 Å². The van der Waals surface area contributed by atoms with Crippen molar-refractivity contribution in [1.82, 2.24) is 4.57 Å². The molecule has 0 aromatic carbocycles. The van der Waals surface area contributed by atoms with E-state index >= 15 is 0 Å². The molecule has 2 heteroatoms. The van der Waals surface area contributed by atoms with Gasteiger partial charge < -0.3 is 4.57 Å². The second-order valence-electron chi connectivity index (χ2n) is 4.06. The molecular weight excluding hydrogens is 172 g/mol. The van der Waals surface area contributed by atoms with E-state index in [1.54, 1.807) is 0 Å². The Labute approximate surface area is 85.2 Å². The molecule has 0 bridgehead atoms. The van der Waals surface area contributed by atoms with Crippen LogP contribution in [0.4, 0.5) is 0 Å². The Kier molecular flexibility index (Phi) is 2.88. The van der Waals surface area contributed by atoms with Gasteiger partial charge in [-0.05, 0) is 25.0 Å². The van der Waals surface area contributed by atoms with Crippen molar-refractivity contribution in [2.75, 3.05) is 0 Å². The minimum absolute atomic E-state index is 0.571. The summed E-state index contributed by atoms with van der Waals surface area (Å²) < 4.78 is 2.16. The summed E-state index contributed by atoms with van der Waals surface area (Å²) in [4.78, 5) is 0. The number of nitrogens with zero attached hydrogens (tertiary/aromatic N) is 2. The molecule has 0 saturated heterocycles. The maximum absolute atomic E-state index is 8.94. The lowest BCUT2D eigenvalue weighted by molar-refractivity contribution is 0.442. The SMILES string of the molecule is N#Cc1cccn1C1CCCCCC1. The Morgan fingerprint density at radius 1 is 1.21 bits per heavy atom. The average molecular weight is 188 g/mol. The highest BCUT2D eigenvalue weighted by molar-refractivity contribution is 5.22. The maximum atomic E-state index is 8.94. The van der Waals surface area contributed by atoms with Crippen molar-refractivity contribution < 1.29 is 0 Å². The van der Waals surface area contributed by atoms with Gasteiger partial charge in [0.2, 0.25) is 0 Å². The summed E-state index contributed by atoms with van der Waals surface area (Å²) >= 11 is 0. The lowest BCUT2D eigenvalue weighted by atomic mass is 10.1. The van der Waals surface area contributed by atoms with E-state index in [1.807, 2.05) is 12.1 Å². The first kappa shape index (κ1) is 9.33. The van der Waals surface area contributed by atoms with Gasteiger partial charge in [-0.3, -0.25) is 0 Å². The van der Waals surface area contributed by atoms with Crippen LogP contribution in [0, 0.1) is 11.3 Å². The van der Waals surface area contributed by atoms with E-state index in [4.69, 9.17) is 5.26 Å². The third-order valence-corrected chi connectivity index (χ3v) is 3.11. The van der Waals surface area contributed by atoms with Gasteiger partial charge in [-0.2, -0.15) is 5.26 Å². The quantitative estimate of drug-likeness (QED) is 0.622. The molecule has 2 nitrogen and oxygen atoms in total. The minimum Gasteiger partial charge on any atom is -0.336 e. The average Bonchev–Trinajstić information content (AvgIpc) is 2.52. The molecule has 0 spiro atoms. The fraction of sp³-hybridized carbons (Fsp3) is 0.583. The summed E-state index contributed by atoms with van der Waals surface area (Å²) in [5.41, 5.74) is 0.817. The Balaban J connectivity index is 2.16. The number of hydrogen-bond donors (Lipinski definition) is 0. The number of nitriles is 1. The Bertz CT molecular complexity index is 324. The zero-order valence-electron chi connectivity index (χ0n) is 8.45. The van der Waals surface area contributed by atoms with Crippen LogP contribution in [0.3, 0.4) is 0 Å². The van der Waals surface area contributed by atoms with Gasteiger partial charge in [0.15, 0.2) is 0 Å². The molecule has 0 unspecified atom stereocenters. The van der Waals surface area contributed by atoms with E-state index in [0.717, 1.165) is 5.69 Å². The molecule has 0 aliphatic heterocycles. The molecule has 1 aliphatic rings. The molecular formula is C12H16N2. The lowest BCUT2D eigenvalue weighted by Gasteiger charge is -2.17. The molecule has 74 valence electrons. The third-order valence-electron chi connectivity index (χ3n) is 3.11. The van der Waals surface area contributed by atoms with Crippen molar-refractivity contribution in [2.24, 2.45) is 0 Å². The molecule has 0 N–H and O–H groups in total. The first-order chi connectivity index (χ1) is 6.92. The molecule has 1 heterocycles. The van der Waals surface area contributed by atoms with E-state index in [9.17, 15) is 0 Å². The predicted octanol–water partition coefficient (Wildman–Crippen LogP) is 3.26. The molecule has 1 aliphatic carbocycles. The first-order valence-electron chi connectivity index (χ1n) is 5.49. The van der Waals surface area contributed by atoms with Crippen LogP contribution in [-0.2, 0) is 0 Å². The first-order valence-corrected chi connectivity index (χ1v) is 5.49. The van der Waals surface area contributed by atoms with Crippen LogP contribution >= 0.6 is 0 Å². The predicted molar refractivity (Wildman–Crippen MR) is 55.9 cm³/mol. The van der Waals surface area contributed by atoms with Crippen molar-refractivity contribution in [3.63, 3.8) is 0 Å². The Hall–Kier alpha value is -1.23. The molecule has 1 aromatic rings. The van der Waals surface area contributed by atoms with E-state index < -0.39 is 0 Å². The molecule has 1 saturated carbocycles. The monoisotopic (exact) mass is 188 g/mol. The minimum atomic E-state index is 0.571. The third kappa shape index (κ3) is 1.82. The largest absolute Gasteiger partial charge is 0.336 e. The highest BCUT2D eigenvalue weighted by atomic mass is 15.0. The summed E-state index contributed by atoms with van der Waals surface area (Å²) in [5.74, 6) is 0. The number of aromatic nitrogens is 1. The molecule has 1 fully saturated rings. The number of rotatable bonds is 1. The summed E-state index contributed by atoms with van der Waals surface area (Å²) in [7, 11) is 0. The van der Waals surface area contributed by atoms with Gasteiger partial charge >= 0.3 is 0 Å². The fourth-order valence-electron chi connectivity index (χ4n) is 2.34. The van der Waals surface area contributed by atoms with Crippen LogP contribution in [0.5, 0.6) is 0 Å². The summed E-state index contributed by atoms with van der Waals surface area (Å²) in [6.07, 6.45) is 9.88. The van der Waals surface area contributed by atoms with Crippen LogP contribution in [0.15, 0.2) is 18.3 Å². The van der Waals surface area contributed by atoms with Gasteiger partial charge in [-0.25, -0.2) is 0 Å². The van der Waals surface area contributed by atoms with Crippen LogP contribution in [-0.4, -0.2) is 4.57 Å². The van der Waals surface area contributed by atoms with E-state index in [0.29, 0.717) is 6.04 Å². The van der Waals surface area contributed by atoms with Crippen molar-refractivity contribution in [2.45, 2.75) is 44.6 Å². The van der Waals surface area contributed by atoms with Crippen molar-refractivity contribution in [3.05, 3.63) is 24.0 Å². The smallest absolute Gasteiger partial charge is 0.120 e. The van der Waals surface area contributed by atoms with Gasteiger partial charge in [-0.15, -0.1) is 0 Å². The summed E-state index contributed by atoms with van der Waals surface area (Å²) in [6, 6.07) is 6.71. The van der Waals surface area contributed by atoms with Gasteiger partial charge in [0, 0.05) is 12.2 Å². The van der Waals surface area contributed by atoms with Crippen molar-refractivity contribution >= 4 is 0 Å². The van der Waals surface area contributed by atoms with Gasteiger partial charge in [0.05, 0.1) is 0 Å². The normalized spacial score (nSPS) is 18.8. The molecule has 14 heavy (non-hydrogen) atoms. The van der Waals surface area contributed by atoms with Gasteiger partial charge in [-0.1, -0.05) is 25.7 Å². The van der Waals surface area contributed by atoms with Crippen LogP contribution in [0.25, 0.3) is 0 Å². The number of hydrogen-bond acceptors (Lipinski definition) is 1. The van der Waals surface area contributed by atoms with Gasteiger partial charge in [0.1, 0.15) is 11.8 Å². The zero-order chi connectivity index (χ0) is 9.80. The zero-order valence-corrected chi connectivity index (χ0v) is 8.45. The second-order valence-corrected chi connectivity index (χ2v) is 4.06.